The number of fused-ring (bicyclic) bond motifs is 1. The van der Waals surface area contributed by atoms with E-state index in [0.29, 0.717) is 31.8 Å². The van der Waals surface area contributed by atoms with Gasteiger partial charge in [0.15, 0.2) is 0 Å². The third kappa shape index (κ3) is 3.42. The summed E-state index contributed by atoms with van der Waals surface area (Å²) in [6.45, 7) is 3.48. The Morgan fingerprint density at radius 2 is 2.12 bits per heavy atom. The number of carbonyl (C=O) groups excluding carboxylic acids is 1. The normalized spacial score (nSPS) is 32.2. The lowest BCUT2D eigenvalue weighted by molar-refractivity contribution is -0.147. The van der Waals surface area contributed by atoms with Gasteiger partial charge in [0.05, 0.1) is 6.61 Å². The molecule has 1 N–H and O–H groups in total. The Morgan fingerprint density at radius 3 is 2.88 bits per heavy atom. The summed E-state index contributed by atoms with van der Waals surface area (Å²) >= 11 is 0. The van der Waals surface area contributed by atoms with Gasteiger partial charge < -0.3 is 14.8 Å². The molecular weight excluding hydrogens is 218 g/mol. The zero-order valence-corrected chi connectivity index (χ0v) is 10.6. The van der Waals surface area contributed by atoms with Gasteiger partial charge in [0.2, 0.25) is 0 Å². The first-order chi connectivity index (χ1) is 8.31. The molecule has 17 heavy (non-hydrogen) atoms. The summed E-state index contributed by atoms with van der Waals surface area (Å²) in [5.74, 6) is 0.590. The second kappa shape index (κ2) is 6.36. The van der Waals surface area contributed by atoms with Crippen LogP contribution < -0.4 is 5.32 Å². The number of hydrogen-bond donors (Lipinski definition) is 1. The minimum atomic E-state index is -0.0981. The molecule has 0 bridgehead atoms. The van der Waals surface area contributed by atoms with E-state index >= 15 is 0 Å². The molecule has 1 aliphatic carbocycles. The highest BCUT2D eigenvalue weighted by Gasteiger charge is 2.38. The van der Waals surface area contributed by atoms with Crippen molar-refractivity contribution in [3.63, 3.8) is 0 Å². The zero-order chi connectivity index (χ0) is 12.1. The maximum atomic E-state index is 11.8. The largest absolute Gasteiger partial charge is 0.462 e. The van der Waals surface area contributed by atoms with Crippen LogP contribution in [0.25, 0.3) is 0 Å². The zero-order valence-electron chi connectivity index (χ0n) is 10.6. The fraction of sp³-hybridized carbons (Fsp3) is 0.923. The van der Waals surface area contributed by atoms with Crippen LogP contribution in [0, 0.1) is 5.92 Å². The topological polar surface area (TPSA) is 47.6 Å². The Labute approximate surface area is 103 Å². The van der Waals surface area contributed by atoms with Gasteiger partial charge in [-0.1, -0.05) is 12.8 Å². The number of rotatable bonds is 5. The fourth-order valence-electron chi connectivity index (χ4n) is 2.95. The van der Waals surface area contributed by atoms with E-state index in [0.717, 1.165) is 6.42 Å². The van der Waals surface area contributed by atoms with Crippen LogP contribution in [0.1, 0.15) is 39.0 Å². The van der Waals surface area contributed by atoms with Crippen LogP contribution in [0.3, 0.4) is 0 Å². The first kappa shape index (κ1) is 12.8. The van der Waals surface area contributed by atoms with E-state index in [9.17, 15) is 4.79 Å². The molecule has 0 spiro atoms. The lowest BCUT2D eigenvalue weighted by Gasteiger charge is -2.24. The number of nitrogens with one attached hydrogen (secondary N) is 1. The third-order valence-corrected chi connectivity index (χ3v) is 3.82. The molecule has 2 rings (SSSR count). The SMILES string of the molecule is CCOCCOC(=O)C1CC2CCCCC2N1. The van der Waals surface area contributed by atoms with E-state index in [1.807, 2.05) is 6.92 Å². The van der Waals surface area contributed by atoms with Crippen molar-refractivity contribution in [3.8, 4) is 0 Å². The van der Waals surface area contributed by atoms with Gasteiger partial charge in [-0.3, -0.25) is 4.79 Å². The van der Waals surface area contributed by atoms with Crippen molar-refractivity contribution in [2.45, 2.75) is 51.1 Å². The number of carbonyl (C=O) groups is 1. The van der Waals surface area contributed by atoms with Crippen LogP contribution in [0.5, 0.6) is 0 Å². The second-order valence-electron chi connectivity index (χ2n) is 4.97. The van der Waals surface area contributed by atoms with Crippen LogP contribution in [-0.2, 0) is 14.3 Å². The highest BCUT2D eigenvalue weighted by molar-refractivity contribution is 5.76. The average molecular weight is 241 g/mol. The Kier molecular flexibility index (Phi) is 4.80. The van der Waals surface area contributed by atoms with E-state index in [1.54, 1.807) is 0 Å². The lowest BCUT2D eigenvalue weighted by atomic mass is 9.85. The van der Waals surface area contributed by atoms with Gasteiger partial charge in [0.25, 0.3) is 0 Å². The van der Waals surface area contributed by atoms with Crippen molar-refractivity contribution in [2.75, 3.05) is 19.8 Å². The minimum absolute atomic E-state index is 0.0790. The number of hydrogen-bond acceptors (Lipinski definition) is 4. The van der Waals surface area contributed by atoms with Crippen molar-refractivity contribution in [1.82, 2.24) is 5.32 Å². The minimum Gasteiger partial charge on any atom is -0.462 e. The van der Waals surface area contributed by atoms with Crippen molar-refractivity contribution >= 4 is 5.97 Å². The van der Waals surface area contributed by atoms with Gasteiger partial charge >= 0.3 is 5.97 Å². The smallest absolute Gasteiger partial charge is 0.323 e. The van der Waals surface area contributed by atoms with E-state index in [4.69, 9.17) is 9.47 Å². The van der Waals surface area contributed by atoms with Crippen LogP contribution in [0.4, 0.5) is 0 Å². The van der Waals surface area contributed by atoms with Crippen molar-refractivity contribution < 1.29 is 14.3 Å². The lowest BCUT2D eigenvalue weighted by Crippen LogP contribution is -2.38. The maximum absolute atomic E-state index is 11.8. The van der Waals surface area contributed by atoms with Crippen LogP contribution in [0.2, 0.25) is 0 Å². The summed E-state index contributed by atoms with van der Waals surface area (Å²) in [4.78, 5) is 11.8. The molecule has 4 heteroatoms. The molecule has 1 heterocycles. The van der Waals surface area contributed by atoms with Gasteiger partial charge in [0.1, 0.15) is 12.6 Å². The van der Waals surface area contributed by atoms with Gasteiger partial charge in [-0.2, -0.15) is 0 Å². The third-order valence-electron chi connectivity index (χ3n) is 3.82. The first-order valence-corrected chi connectivity index (χ1v) is 6.81. The molecule has 2 fully saturated rings. The highest BCUT2D eigenvalue weighted by Crippen LogP contribution is 2.33. The summed E-state index contributed by atoms with van der Waals surface area (Å²) in [5, 5.41) is 3.42. The Balaban J connectivity index is 1.70. The molecule has 0 radical (unpaired) electrons. The molecule has 0 amide bonds. The molecule has 2 aliphatic rings. The molecule has 0 aromatic carbocycles. The summed E-state index contributed by atoms with van der Waals surface area (Å²) in [5.41, 5.74) is 0. The molecular formula is C13H23NO3. The first-order valence-electron chi connectivity index (χ1n) is 6.81. The van der Waals surface area contributed by atoms with Crippen LogP contribution >= 0.6 is 0 Å². The summed E-state index contributed by atoms with van der Waals surface area (Å²) in [6.07, 6.45) is 6.04. The van der Waals surface area contributed by atoms with Crippen molar-refractivity contribution in [3.05, 3.63) is 0 Å². The predicted molar refractivity (Wildman–Crippen MR) is 64.7 cm³/mol. The molecule has 3 atom stereocenters. The molecule has 4 nitrogen and oxygen atoms in total. The molecule has 1 aliphatic heterocycles. The average Bonchev–Trinajstić information content (AvgIpc) is 2.78. The van der Waals surface area contributed by atoms with Crippen LogP contribution in [0.15, 0.2) is 0 Å². The van der Waals surface area contributed by atoms with Gasteiger partial charge in [-0.15, -0.1) is 0 Å². The summed E-state index contributed by atoms with van der Waals surface area (Å²) in [6, 6.07) is 0.470. The Hall–Kier alpha value is -0.610. The molecule has 3 unspecified atom stereocenters. The maximum Gasteiger partial charge on any atom is 0.323 e. The number of esters is 1. The highest BCUT2D eigenvalue weighted by atomic mass is 16.6. The second-order valence-corrected chi connectivity index (χ2v) is 4.97. The van der Waals surface area contributed by atoms with Gasteiger partial charge in [-0.05, 0) is 32.1 Å². The predicted octanol–water partition coefficient (Wildman–Crippen LogP) is 1.49. The Bertz CT molecular complexity index is 243. The number of ether oxygens (including phenoxy) is 2. The quantitative estimate of drug-likeness (QED) is 0.585. The molecule has 0 aromatic rings. The molecule has 0 aromatic heterocycles. The van der Waals surface area contributed by atoms with Crippen molar-refractivity contribution in [2.24, 2.45) is 5.92 Å². The van der Waals surface area contributed by atoms with E-state index in [1.165, 1.54) is 25.7 Å². The molecule has 1 saturated heterocycles. The molecule has 1 saturated carbocycles. The van der Waals surface area contributed by atoms with E-state index in [-0.39, 0.29) is 12.0 Å². The summed E-state index contributed by atoms with van der Waals surface area (Å²) < 4.78 is 10.4. The standard InChI is InChI=1S/C13H23NO3/c1-2-16-7-8-17-13(15)12-9-10-5-3-4-6-11(10)14-12/h10-12,14H,2-9H2,1H3. The Morgan fingerprint density at radius 1 is 1.29 bits per heavy atom. The van der Waals surface area contributed by atoms with E-state index < -0.39 is 0 Å². The van der Waals surface area contributed by atoms with Gasteiger partial charge in [-0.25, -0.2) is 0 Å². The summed E-state index contributed by atoms with van der Waals surface area (Å²) in [7, 11) is 0. The van der Waals surface area contributed by atoms with E-state index in [2.05, 4.69) is 5.32 Å². The fourth-order valence-corrected chi connectivity index (χ4v) is 2.95. The van der Waals surface area contributed by atoms with Gasteiger partial charge in [0, 0.05) is 12.6 Å². The monoisotopic (exact) mass is 241 g/mol. The van der Waals surface area contributed by atoms with Crippen LogP contribution in [-0.4, -0.2) is 37.9 Å². The van der Waals surface area contributed by atoms with Crippen molar-refractivity contribution in [1.29, 1.82) is 0 Å². The molecule has 98 valence electrons.